The average molecular weight is 257 g/mol. The highest BCUT2D eigenvalue weighted by atomic mass is 32.2. The molecule has 94 valence electrons. The van der Waals surface area contributed by atoms with E-state index in [1.54, 1.807) is 12.1 Å². The van der Waals surface area contributed by atoms with Crippen LogP contribution in [0.25, 0.3) is 6.08 Å². The molecule has 0 atom stereocenters. The first-order valence-electron chi connectivity index (χ1n) is 5.07. The molecule has 1 amide bonds. The first kappa shape index (κ1) is 13.5. The molecule has 0 saturated carbocycles. The number of carbonyl (C=O) groups is 1. The molecule has 0 bridgehead atoms. The number of hydrogen-bond donors (Lipinski definition) is 1. The number of furan rings is 1. The molecule has 1 N–H and O–H groups in total. The van der Waals surface area contributed by atoms with Gasteiger partial charge in [-0.25, -0.2) is 8.42 Å². The summed E-state index contributed by atoms with van der Waals surface area (Å²) in [5.41, 5.74) is 0. The zero-order chi connectivity index (χ0) is 12.9. The molecule has 0 aliphatic rings. The van der Waals surface area contributed by atoms with Crippen molar-refractivity contribution in [2.45, 2.75) is 6.92 Å². The maximum Gasteiger partial charge on any atom is 0.244 e. The highest BCUT2D eigenvalue weighted by Gasteiger charge is 2.02. The molecular weight excluding hydrogens is 242 g/mol. The Hall–Kier alpha value is -1.56. The third-order valence-electron chi connectivity index (χ3n) is 1.93. The molecule has 0 aliphatic heterocycles. The minimum Gasteiger partial charge on any atom is -0.462 e. The second-order valence-electron chi connectivity index (χ2n) is 3.70. The van der Waals surface area contributed by atoms with Crippen LogP contribution in [0.5, 0.6) is 0 Å². The van der Waals surface area contributed by atoms with E-state index in [1.165, 1.54) is 12.2 Å². The lowest BCUT2D eigenvalue weighted by Gasteiger charge is -1.99. The van der Waals surface area contributed by atoms with Crippen LogP contribution >= 0.6 is 0 Å². The lowest BCUT2D eigenvalue weighted by molar-refractivity contribution is -0.116. The Bertz CT molecular complexity index is 513. The van der Waals surface area contributed by atoms with Crippen molar-refractivity contribution in [3.63, 3.8) is 0 Å². The number of carbonyl (C=O) groups excluding carboxylic acids is 1. The lowest BCUT2D eigenvalue weighted by atomic mass is 10.4. The first-order valence-corrected chi connectivity index (χ1v) is 7.13. The second kappa shape index (κ2) is 5.67. The molecule has 1 aromatic rings. The van der Waals surface area contributed by atoms with Crippen LogP contribution in [0.4, 0.5) is 0 Å². The largest absolute Gasteiger partial charge is 0.462 e. The number of hydrogen-bond acceptors (Lipinski definition) is 4. The van der Waals surface area contributed by atoms with Crippen molar-refractivity contribution < 1.29 is 17.6 Å². The molecule has 0 fully saturated rings. The van der Waals surface area contributed by atoms with E-state index in [1.807, 2.05) is 6.92 Å². The van der Waals surface area contributed by atoms with Crippen molar-refractivity contribution >= 4 is 21.8 Å². The van der Waals surface area contributed by atoms with E-state index in [4.69, 9.17) is 4.42 Å². The SMILES string of the molecule is Cc1ccc(/C=C/C(=O)NCCS(C)(=O)=O)o1. The Balaban J connectivity index is 2.37. The van der Waals surface area contributed by atoms with Gasteiger partial charge in [-0.2, -0.15) is 0 Å². The van der Waals surface area contributed by atoms with Gasteiger partial charge in [0.15, 0.2) is 0 Å². The zero-order valence-corrected chi connectivity index (χ0v) is 10.6. The minimum absolute atomic E-state index is 0.0631. The normalized spacial score (nSPS) is 11.9. The van der Waals surface area contributed by atoms with Crippen molar-refractivity contribution in [1.29, 1.82) is 0 Å². The Morgan fingerprint density at radius 3 is 2.71 bits per heavy atom. The van der Waals surface area contributed by atoms with Gasteiger partial charge in [0.1, 0.15) is 21.4 Å². The Morgan fingerprint density at radius 1 is 1.47 bits per heavy atom. The molecular formula is C11H15NO4S. The predicted molar refractivity (Wildman–Crippen MR) is 65.2 cm³/mol. The summed E-state index contributed by atoms with van der Waals surface area (Å²) < 4.78 is 26.9. The molecule has 0 unspecified atom stereocenters. The van der Waals surface area contributed by atoms with E-state index in [-0.39, 0.29) is 18.2 Å². The van der Waals surface area contributed by atoms with Crippen LogP contribution in [0.15, 0.2) is 22.6 Å². The Morgan fingerprint density at radius 2 is 2.18 bits per heavy atom. The smallest absolute Gasteiger partial charge is 0.244 e. The van der Waals surface area contributed by atoms with Crippen LogP contribution in [0.1, 0.15) is 11.5 Å². The maximum absolute atomic E-state index is 11.3. The number of sulfone groups is 1. The van der Waals surface area contributed by atoms with Crippen LogP contribution in [-0.4, -0.2) is 32.9 Å². The summed E-state index contributed by atoms with van der Waals surface area (Å²) in [6.45, 7) is 1.92. The second-order valence-corrected chi connectivity index (χ2v) is 5.96. The molecule has 0 aliphatic carbocycles. The molecule has 0 aromatic carbocycles. The molecule has 0 spiro atoms. The van der Waals surface area contributed by atoms with Gasteiger partial charge in [-0.15, -0.1) is 0 Å². The van der Waals surface area contributed by atoms with Crippen molar-refractivity contribution in [2.24, 2.45) is 0 Å². The summed E-state index contributed by atoms with van der Waals surface area (Å²) in [6.07, 6.45) is 3.96. The van der Waals surface area contributed by atoms with Gasteiger partial charge in [-0.3, -0.25) is 4.79 Å². The van der Waals surface area contributed by atoms with Crippen LogP contribution in [0, 0.1) is 6.92 Å². The third-order valence-corrected chi connectivity index (χ3v) is 2.88. The molecule has 0 radical (unpaired) electrons. The van der Waals surface area contributed by atoms with Gasteiger partial charge in [0, 0.05) is 18.9 Å². The molecule has 5 nitrogen and oxygen atoms in total. The minimum atomic E-state index is -3.04. The van der Waals surface area contributed by atoms with Gasteiger partial charge in [0.05, 0.1) is 5.75 Å². The van der Waals surface area contributed by atoms with Crippen LogP contribution < -0.4 is 5.32 Å². The van der Waals surface area contributed by atoms with Gasteiger partial charge in [-0.05, 0) is 25.1 Å². The van der Waals surface area contributed by atoms with Gasteiger partial charge >= 0.3 is 0 Å². The molecule has 1 aromatic heterocycles. The van der Waals surface area contributed by atoms with Crippen molar-refractivity contribution in [2.75, 3.05) is 18.6 Å². The van der Waals surface area contributed by atoms with Crippen molar-refractivity contribution in [3.05, 3.63) is 29.7 Å². The fourth-order valence-corrected chi connectivity index (χ4v) is 1.59. The number of nitrogens with one attached hydrogen (secondary N) is 1. The van der Waals surface area contributed by atoms with E-state index in [0.29, 0.717) is 5.76 Å². The van der Waals surface area contributed by atoms with E-state index in [2.05, 4.69) is 5.32 Å². The fraction of sp³-hybridized carbons (Fsp3) is 0.364. The Labute approximate surface area is 100 Å². The van der Waals surface area contributed by atoms with E-state index >= 15 is 0 Å². The van der Waals surface area contributed by atoms with Crippen molar-refractivity contribution in [1.82, 2.24) is 5.32 Å². The molecule has 0 saturated heterocycles. The topological polar surface area (TPSA) is 76.4 Å². The van der Waals surface area contributed by atoms with E-state index in [0.717, 1.165) is 12.0 Å². The van der Waals surface area contributed by atoms with Crippen LogP contribution in [-0.2, 0) is 14.6 Å². The molecule has 6 heteroatoms. The standard InChI is InChI=1S/C11H15NO4S/c1-9-3-4-10(16-9)5-6-11(13)12-7-8-17(2,14)15/h3-6H,7-8H2,1-2H3,(H,12,13)/b6-5+. The average Bonchev–Trinajstić information content (AvgIpc) is 2.59. The fourth-order valence-electron chi connectivity index (χ4n) is 1.12. The molecule has 1 heterocycles. The summed E-state index contributed by atoms with van der Waals surface area (Å²) in [5.74, 6) is 0.942. The maximum atomic E-state index is 11.3. The first-order chi connectivity index (χ1) is 7.87. The van der Waals surface area contributed by atoms with Crippen molar-refractivity contribution in [3.8, 4) is 0 Å². The lowest BCUT2D eigenvalue weighted by Crippen LogP contribution is -2.27. The van der Waals surface area contributed by atoms with Gasteiger partial charge in [-0.1, -0.05) is 0 Å². The monoisotopic (exact) mass is 257 g/mol. The quantitative estimate of drug-likeness (QED) is 0.790. The van der Waals surface area contributed by atoms with Crippen LogP contribution in [0.2, 0.25) is 0 Å². The number of aryl methyl sites for hydroxylation is 1. The molecule has 1 rings (SSSR count). The van der Waals surface area contributed by atoms with E-state index < -0.39 is 9.84 Å². The Kier molecular flexibility index (Phi) is 4.51. The van der Waals surface area contributed by atoms with Gasteiger partial charge in [0.2, 0.25) is 5.91 Å². The number of amides is 1. The highest BCUT2D eigenvalue weighted by molar-refractivity contribution is 7.90. The summed E-state index contributed by atoms with van der Waals surface area (Å²) >= 11 is 0. The summed E-state index contributed by atoms with van der Waals surface area (Å²) in [6, 6.07) is 3.54. The number of rotatable bonds is 5. The molecule has 17 heavy (non-hydrogen) atoms. The third kappa shape index (κ3) is 5.91. The summed E-state index contributed by atoms with van der Waals surface area (Å²) in [4.78, 5) is 11.3. The predicted octanol–water partition coefficient (Wildman–Crippen LogP) is 0.762. The summed E-state index contributed by atoms with van der Waals surface area (Å²) in [7, 11) is -3.04. The zero-order valence-electron chi connectivity index (χ0n) is 9.76. The summed E-state index contributed by atoms with van der Waals surface area (Å²) in [5, 5.41) is 2.47. The van der Waals surface area contributed by atoms with Gasteiger partial charge in [0.25, 0.3) is 0 Å². The van der Waals surface area contributed by atoms with E-state index in [9.17, 15) is 13.2 Å². The highest BCUT2D eigenvalue weighted by Crippen LogP contribution is 2.07. The van der Waals surface area contributed by atoms with Crippen LogP contribution in [0.3, 0.4) is 0 Å². The van der Waals surface area contributed by atoms with Gasteiger partial charge < -0.3 is 9.73 Å².